The number of hydrogen-bond donors (Lipinski definition) is 1. The van der Waals surface area contributed by atoms with E-state index in [2.05, 4.69) is 9.98 Å². The van der Waals surface area contributed by atoms with E-state index >= 15 is 0 Å². The molecular weight excluding hydrogens is 208 g/mol. The number of aliphatic imine (C=N–C) groups is 2. The first kappa shape index (κ1) is 11.9. The zero-order valence-corrected chi connectivity index (χ0v) is 8.77. The Kier molecular flexibility index (Phi) is 3.37. The van der Waals surface area contributed by atoms with Crippen molar-refractivity contribution in [3.63, 3.8) is 0 Å². The van der Waals surface area contributed by atoms with Crippen LogP contribution in [0.15, 0.2) is 9.98 Å². The average molecular weight is 218 g/mol. The van der Waals surface area contributed by atoms with Crippen LogP contribution in [0.4, 0.5) is 0 Å². The molecule has 0 bridgehead atoms. The second-order valence-electron chi connectivity index (χ2n) is 3.37. The minimum absolute atomic E-state index is 0.194. The van der Waals surface area contributed by atoms with Crippen LogP contribution in [-0.2, 0) is 4.79 Å². The summed E-state index contributed by atoms with van der Waals surface area (Å²) in [6, 6.07) is 3.37. The van der Waals surface area contributed by atoms with E-state index in [-0.39, 0.29) is 17.8 Å². The van der Waals surface area contributed by atoms with Crippen LogP contribution in [0, 0.1) is 22.7 Å². The number of aliphatic carboxylic acids is 1. The Bertz CT molecular complexity index is 420. The maximum atomic E-state index is 11.1. The van der Waals surface area contributed by atoms with E-state index in [4.69, 9.17) is 15.6 Å². The van der Waals surface area contributed by atoms with Crippen LogP contribution in [0.25, 0.3) is 0 Å². The van der Waals surface area contributed by atoms with Gasteiger partial charge in [-0.05, 0) is 6.42 Å². The van der Waals surface area contributed by atoms with Crippen LogP contribution in [0.3, 0.4) is 0 Å². The smallest absolute Gasteiger partial charge is 0.354 e. The van der Waals surface area contributed by atoms with E-state index in [1.807, 2.05) is 6.92 Å². The van der Waals surface area contributed by atoms with Gasteiger partial charge < -0.3 is 5.11 Å². The number of hydrogen-bond acceptors (Lipinski definition) is 5. The van der Waals surface area contributed by atoms with Crippen molar-refractivity contribution >= 4 is 17.4 Å². The molecule has 6 nitrogen and oxygen atoms in total. The minimum Gasteiger partial charge on any atom is -0.478 e. The van der Waals surface area contributed by atoms with Gasteiger partial charge in [-0.2, -0.15) is 10.5 Å². The van der Waals surface area contributed by atoms with E-state index in [1.165, 1.54) is 0 Å². The van der Waals surface area contributed by atoms with Gasteiger partial charge in [0, 0.05) is 6.42 Å². The van der Waals surface area contributed by atoms with Crippen molar-refractivity contribution in [1.82, 2.24) is 0 Å². The van der Waals surface area contributed by atoms with Crippen LogP contribution in [0.1, 0.15) is 26.2 Å². The molecule has 0 amide bonds. The molecule has 6 heteroatoms. The summed E-state index contributed by atoms with van der Waals surface area (Å²) in [7, 11) is 0. The lowest BCUT2D eigenvalue weighted by Crippen LogP contribution is -2.33. The van der Waals surface area contributed by atoms with Crippen LogP contribution in [-0.4, -0.2) is 28.2 Å². The normalized spacial score (nSPS) is 16.9. The third-order valence-electron chi connectivity index (χ3n) is 2.25. The first-order valence-electron chi connectivity index (χ1n) is 4.83. The average Bonchev–Trinajstić information content (AvgIpc) is 2.66. The predicted octanol–water partition coefficient (Wildman–Crippen LogP) is 0.900. The molecule has 0 radical (unpaired) electrons. The lowest BCUT2D eigenvalue weighted by atomic mass is 10.0. The molecule has 82 valence electrons. The fourth-order valence-corrected chi connectivity index (χ4v) is 1.39. The SMILES string of the molecule is CCCCC1(C(=O)O)N=C(C#N)C(C#N)=N1. The maximum Gasteiger partial charge on any atom is 0.354 e. The molecule has 0 atom stereocenters. The van der Waals surface area contributed by atoms with Crippen LogP contribution in [0.2, 0.25) is 0 Å². The summed E-state index contributed by atoms with van der Waals surface area (Å²) in [4.78, 5) is 18.6. The van der Waals surface area contributed by atoms with E-state index in [9.17, 15) is 4.79 Å². The van der Waals surface area contributed by atoms with Gasteiger partial charge in [0.15, 0.2) is 11.4 Å². The van der Waals surface area contributed by atoms with Crippen molar-refractivity contribution in [2.45, 2.75) is 31.8 Å². The Morgan fingerprint density at radius 3 is 2.19 bits per heavy atom. The monoisotopic (exact) mass is 218 g/mol. The summed E-state index contributed by atoms with van der Waals surface area (Å²) in [5.41, 5.74) is -2.05. The molecule has 0 aromatic heterocycles. The number of carboxylic acid groups (broad SMARTS) is 1. The van der Waals surface area contributed by atoms with E-state index in [0.717, 1.165) is 6.42 Å². The molecule has 0 aromatic carbocycles. The fourth-order valence-electron chi connectivity index (χ4n) is 1.39. The molecule has 1 heterocycles. The molecule has 1 aliphatic heterocycles. The van der Waals surface area contributed by atoms with Crippen molar-refractivity contribution < 1.29 is 9.90 Å². The molecule has 0 spiro atoms. The molecule has 0 unspecified atom stereocenters. The highest BCUT2D eigenvalue weighted by Crippen LogP contribution is 2.26. The van der Waals surface area contributed by atoms with Crippen molar-refractivity contribution in [1.29, 1.82) is 10.5 Å². The van der Waals surface area contributed by atoms with Crippen molar-refractivity contribution in [3.8, 4) is 12.1 Å². The van der Waals surface area contributed by atoms with Crippen LogP contribution in [0.5, 0.6) is 0 Å². The number of rotatable bonds is 4. The number of carbonyl (C=O) groups is 1. The summed E-state index contributed by atoms with van der Waals surface area (Å²) in [5, 5.41) is 26.5. The molecule has 0 saturated heterocycles. The van der Waals surface area contributed by atoms with Crippen molar-refractivity contribution in [2.75, 3.05) is 0 Å². The summed E-state index contributed by atoms with van der Waals surface area (Å²) < 4.78 is 0. The number of nitriles is 2. The largest absolute Gasteiger partial charge is 0.478 e. The van der Waals surface area contributed by atoms with E-state index in [1.54, 1.807) is 12.1 Å². The Hall–Kier alpha value is -2.21. The second-order valence-corrected chi connectivity index (χ2v) is 3.37. The minimum atomic E-state index is -1.66. The summed E-state index contributed by atoms with van der Waals surface area (Å²) >= 11 is 0. The lowest BCUT2D eigenvalue weighted by molar-refractivity contribution is -0.143. The maximum absolute atomic E-state index is 11.1. The predicted molar refractivity (Wildman–Crippen MR) is 56.0 cm³/mol. The zero-order valence-electron chi connectivity index (χ0n) is 8.77. The van der Waals surface area contributed by atoms with Gasteiger partial charge in [0.25, 0.3) is 0 Å². The molecular formula is C10H10N4O2. The molecule has 1 rings (SSSR count). The third-order valence-corrected chi connectivity index (χ3v) is 2.25. The highest BCUT2D eigenvalue weighted by molar-refractivity contribution is 6.54. The topological polar surface area (TPSA) is 110 Å². The zero-order chi connectivity index (χ0) is 12.2. The van der Waals surface area contributed by atoms with Crippen molar-refractivity contribution in [2.24, 2.45) is 9.98 Å². The van der Waals surface area contributed by atoms with Crippen LogP contribution >= 0.6 is 0 Å². The molecule has 1 aliphatic rings. The van der Waals surface area contributed by atoms with Gasteiger partial charge in [0.1, 0.15) is 12.1 Å². The van der Waals surface area contributed by atoms with E-state index in [0.29, 0.717) is 6.42 Å². The number of carboxylic acids is 1. The van der Waals surface area contributed by atoms with Crippen LogP contribution < -0.4 is 0 Å². The first-order chi connectivity index (χ1) is 7.59. The Morgan fingerprint density at radius 1 is 1.38 bits per heavy atom. The number of unbranched alkanes of at least 4 members (excludes halogenated alkanes) is 1. The Balaban J connectivity index is 3.14. The molecule has 0 aliphatic carbocycles. The van der Waals surface area contributed by atoms with Crippen molar-refractivity contribution in [3.05, 3.63) is 0 Å². The summed E-state index contributed by atoms with van der Waals surface area (Å²) in [5.74, 6) is -1.22. The van der Waals surface area contributed by atoms with Gasteiger partial charge in [0.2, 0.25) is 5.66 Å². The summed E-state index contributed by atoms with van der Waals surface area (Å²) in [6.45, 7) is 1.91. The van der Waals surface area contributed by atoms with Gasteiger partial charge in [-0.25, -0.2) is 14.8 Å². The summed E-state index contributed by atoms with van der Waals surface area (Å²) in [6.07, 6.45) is 1.62. The molecule has 16 heavy (non-hydrogen) atoms. The highest BCUT2D eigenvalue weighted by atomic mass is 16.4. The fraction of sp³-hybridized carbons (Fsp3) is 0.500. The molecule has 0 saturated carbocycles. The Labute approximate surface area is 92.5 Å². The van der Waals surface area contributed by atoms with E-state index < -0.39 is 11.6 Å². The molecule has 0 fully saturated rings. The lowest BCUT2D eigenvalue weighted by Gasteiger charge is -2.16. The molecule has 1 N–H and O–H groups in total. The third kappa shape index (κ3) is 1.91. The quantitative estimate of drug-likeness (QED) is 0.755. The van der Waals surface area contributed by atoms with Gasteiger partial charge in [-0.1, -0.05) is 13.3 Å². The molecule has 0 aromatic rings. The highest BCUT2D eigenvalue weighted by Gasteiger charge is 2.43. The van der Waals surface area contributed by atoms with Gasteiger partial charge in [-0.15, -0.1) is 0 Å². The van der Waals surface area contributed by atoms with Gasteiger partial charge in [-0.3, -0.25) is 0 Å². The number of nitrogens with zero attached hydrogens (tertiary/aromatic N) is 4. The Morgan fingerprint density at radius 2 is 1.88 bits per heavy atom. The van der Waals surface area contributed by atoms with Gasteiger partial charge >= 0.3 is 5.97 Å². The standard InChI is InChI=1S/C10H10N4O2/c1-2-3-4-10(9(15)16)13-7(5-11)8(6-12)14-10/h2-4H2,1H3,(H,15,16). The first-order valence-corrected chi connectivity index (χ1v) is 4.83. The second kappa shape index (κ2) is 4.54. The van der Waals surface area contributed by atoms with Gasteiger partial charge in [0.05, 0.1) is 0 Å².